The van der Waals surface area contributed by atoms with E-state index in [1.807, 2.05) is 0 Å². The molecule has 0 aliphatic carbocycles. The quantitative estimate of drug-likeness (QED) is 0.879. The molecular formula is C13H11NO3. The van der Waals surface area contributed by atoms with Crippen molar-refractivity contribution >= 4 is 5.97 Å². The number of aryl methyl sites for hydroxylation is 1. The van der Waals surface area contributed by atoms with E-state index in [0.29, 0.717) is 11.6 Å². The van der Waals surface area contributed by atoms with E-state index in [1.54, 1.807) is 43.5 Å². The zero-order chi connectivity index (χ0) is 12.3. The van der Waals surface area contributed by atoms with Crippen molar-refractivity contribution in [2.24, 2.45) is 0 Å². The number of pyridine rings is 1. The SMILES string of the molecule is Cc1cccc(C(=O)O)c1Oc1ccccn1. The Morgan fingerprint density at radius 1 is 1.24 bits per heavy atom. The first-order valence-electron chi connectivity index (χ1n) is 5.10. The summed E-state index contributed by atoms with van der Waals surface area (Å²) in [6, 6.07) is 10.2. The zero-order valence-electron chi connectivity index (χ0n) is 9.25. The molecule has 1 aromatic heterocycles. The minimum Gasteiger partial charge on any atom is -0.478 e. The molecule has 0 unspecified atom stereocenters. The van der Waals surface area contributed by atoms with Crippen molar-refractivity contribution in [1.82, 2.24) is 4.98 Å². The largest absolute Gasteiger partial charge is 0.478 e. The highest BCUT2D eigenvalue weighted by Crippen LogP contribution is 2.27. The lowest BCUT2D eigenvalue weighted by atomic mass is 10.1. The molecule has 0 radical (unpaired) electrons. The molecule has 0 saturated heterocycles. The van der Waals surface area contributed by atoms with Gasteiger partial charge in [0.1, 0.15) is 11.3 Å². The Labute approximate surface area is 98.5 Å². The molecule has 0 aliphatic rings. The standard InChI is InChI=1S/C13H11NO3/c1-9-5-4-6-10(13(15)16)12(9)17-11-7-2-3-8-14-11/h2-8H,1H3,(H,15,16). The fraction of sp³-hybridized carbons (Fsp3) is 0.0769. The number of aromatic carboxylic acids is 1. The molecule has 0 fully saturated rings. The Balaban J connectivity index is 2.41. The average Bonchev–Trinajstić information content (AvgIpc) is 2.33. The third-order valence-corrected chi connectivity index (χ3v) is 2.29. The van der Waals surface area contributed by atoms with Gasteiger partial charge in [0.2, 0.25) is 5.88 Å². The summed E-state index contributed by atoms with van der Waals surface area (Å²) in [6.45, 7) is 1.80. The van der Waals surface area contributed by atoms with Crippen LogP contribution in [0.4, 0.5) is 0 Å². The number of ether oxygens (including phenoxy) is 1. The summed E-state index contributed by atoms with van der Waals surface area (Å²) in [6.07, 6.45) is 1.59. The highest BCUT2D eigenvalue weighted by atomic mass is 16.5. The van der Waals surface area contributed by atoms with Gasteiger partial charge in [-0.1, -0.05) is 18.2 Å². The molecule has 0 atom stereocenters. The Kier molecular flexibility index (Phi) is 3.05. The molecule has 0 bridgehead atoms. The second-order valence-corrected chi connectivity index (χ2v) is 3.53. The van der Waals surface area contributed by atoms with Gasteiger partial charge in [0.25, 0.3) is 0 Å². The normalized spacial score (nSPS) is 9.94. The molecule has 1 N–H and O–H groups in total. The lowest BCUT2D eigenvalue weighted by Gasteiger charge is -2.10. The van der Waals surface area contributed by atoms with E-state index in [2.05, 4.69) is 4.98 Å². The average molecular weight is 229 g/mol. The summed E-state index contributed by atoms with van der Waals surface area (Å²) in [5.41, 5.74) is 0.895. The van der Waals surface area contributed by atoms with Crippen LogP contribution < -0.4 is 4.74 Å². The fourth-order valence-electron chi connectivity index (χ4n) is 1.47. The van der Waals surface area contributed by atoms with Crippen molar-refractivity contribution in [3.63, 3.8) is 0 Å². The van der Waals surface area contributed by atoms with E-state index >= 15 is 0 Å². The maximum atomic E-state index is 11.1. The maximum Gasteiger partial charge on any atom is 0.339 e. The molecule has 86 valence electrons. The van der Waals surface area contributed by atoms with Crippen LogP contribution >= 0.6 is 0 Å². The number of carboxylic acids is 1. The molecule has 2 rings (SSSR count). The summed E-state index contributed by atoms with van der Waals surface area (Å²) < 4.78 is 5.51. The molecule has 17 heavy (non-hydrogen) atoms. The smallest absolute Gasteiger partial charge is 0.339 e. The van der Waals surface area contributed by atoms with E-state index in [1.165, 1.54) is 6.07 Å². The number of para-hydroxylation sites is 1. The summed E-state index contributed by atoms with van der Waals surface area (Å²) in [5.74, 6) is -0.303. The Morgan fingerprint density at radius 2 is 2.06 bits per heavy atom. The first kappa shape index (κ1) is 11.1. The molecule has 4 heteroatoms. The molecule has 0 aliphatic heterocycles. The van der Waals surface area contributed by atoms with Gasteiger partial charge in [-0.25, -0.2) is 9.78 Å². The van der Waals surface area contributed by atoms with Crippen LogP contribution in [-0.4, -0.2) is 16.1 Å². The third-order valence-electron chi connectivity index (χ3n) is 2.29. The van der Waals surface area contributed by atoms with Gasteiger partial charge in [0, 0.05) is 12.3 Å². The van der Waals surface area contributed by atoms with Crippen LogP contribution in [0.2, 0.25) is 0 Å². The van der Waals surface area contributed by atoms with Gasteiger partial charge in [-0.3, -0.25) is 0 Å². The second-order valence-electron chi connectivity index (χ2n) is 3.53. The van der Waals surface area contributed by atoms with Crippen LogP contribution in [0, 0.1) is 6.92 Å². The number of nitrogens with zero attached hydrogens (tertiary/aromatic N) is 1. The number of rotatable bonds is 3. The topological polar surface area (TPSA) is 59.4 Å². The van der Waals surface area contributed by atoms with Crippen LogP contribution in [0.5, 0.6) is 11.6 Å². The molecular weight excluding hydrogens is 218 g/mol. The molecule has 1 aromatic carbocycles. The van der Waals surface area contributed by atoms with E-state index in [4.69, 9.17) is 9.84 Å². The zero-order valence-corrected chi connectivity index (χ0v) is 9.25. The van der Waals surface area contributed by atoms with Gasteiger partial charge in [0.05, 0.1) is 0 Å². The molecule has 0 spiro atoms. The maximum absolute atomic E-state index is 11.1. The molecule has 4 nitrogen and oxygen atoms in total. The van der Waals surface area contributed by atoms with E-state index < -0.39 is 5.97 Å². The summed E-state index contributed by atoms with van der Waals surface area (Å²) >= 11 is 0. The number of benzene rings is 1. The van der Waals surface area contributed by atoms with Crippen molar-refractivity contribution in [2.45, 2.75) is 6.92 Å². The minimum atomic E-state index is -1.01. The lowest BCUT2D eigenvalue weighted by Crippen LogP contribution is -2.01. The Hall–Kier alpha value is -2.36. The molecule has 0 saturated carbocycles. The summed E-state index contributed by atoms with van der Waals surface area (Å²) in [5, 5.41) is 9.07. The van der Waals surface area contributed by atoms with Crippen molar-refractivity contribution < 1.29 is 14.6 Å². The minimum absolute atomic E-state index is 0.135. The van der Waals surface area contributed by atoms with Crippen LogP contribution in [0.3, 0.4) is 0 Å². The van der Waals surface area contributed by atoms with Gasteiger partial charge in [-0.05, 0) is 24.6 Å². The number of carbonyl (C=O) groups is 1. The fourth-order valence-corrected chi connectivity index (χ4v) is 1.47. The number of aromatic nitrogens is 1. The first-order chi connectivity index (χ1) is 8.18. The molecule has 1 heterocycles. The highest BCUT2D eigenvalue weighted by molar-refractivity contribution is 5.91. The first-order valence-corrected chi connectivity index (χ1v) is 5.10. The van der Waals surface area contributed by atoms with Crippen molar-refractivity contribution in [1.29, 1.82) is 0 Å². The van der Waals surface area contributed by atoms with Gasteiger partial charge < -0.3 is 9.84 Å². The van der Waals surface area contributed by atoms with Gasteiger partial charge >= 0.3 is 5.97 Å². The van der Waals surface area contributed by atoms with Crippen LogP contribution in [0.25, 0.3) is 0 Å². The van der Waals surface area contributed by atoms with Gasteiger partial charge in [0.15, 0.2) is 0 Å². The van der Waals surface area contributed by atoms with Crippen molar-refractivity contribution in [2.75, 3.05) is 0 Å². The second kappa shape index (κ2) is 4.65. The number of carboxylic acid groups (broad SMARTS) is 1. The van der Waals surface area contributed by atoms with Crippen molar-refractivity contribution in [3.8, 4) is 11.6 Å². The summed E-state index contributed by atoms with van der Waals surface area (Å²) in [7, 11) is 0. The van der Waals surface area contributed by atoms with Crippen LogP contribution in [0.1, 0.15) is 15.9 Å². The third kappa shape index (κ3) is 2.42. The molecule has 0 amide bonds. The van der Waals surface area contributed by atoms with E-state index in [-0.39, 0.29) is 5.56 Å². The van der Waals surface area contributed by atoms with Gasteiger partial charge in [-0.15, -0.1) is 0 Å². The molecule has 2 aromatic rings. The van der Waals surface area contributed by atoms with Gasteiger partial charge in [-0.2, -0.15) is 0 Å². The van der Waals surface area contributed by atoms with Crippen LogP contribution in [-0.2, 0) is 0 Å². The van der Waals surface area contributed by atoms with Crippen molar-refractivity contribution in [3.05, 3.63) is 53.7 Å². The highest BCUT2D eigenvalue weighted by Gasteiger charge is 2.14. The van der Waals surface area contributed by atoms with E-state index in [0.717, 1.165) is 5.56 Å². The Morgan fingerprint density at radius 3 is 2.71 bits per heavy atom. The van der Waals surface area contributed by atoms with Crippen LogP contribution in [0.15, 0.2) is 42.6 Å². The number of hydrogen-bond acceptors (Lipinski definition) is 3. The predicted octanol–water partition coefficient (Wildman–Crippen LogP) is 2.88. The Bertz CT molecular complexity index is 538. The predicted molar refractivity (Wildman–Crippen MR) is 62.4 cm³/mol. The monoisotopic (exact) mass is 229 g/mol. The summed E-state index contributed by atoms with van der Waals surface area (Å²) in [4.78, 5) is 15.1. The van der Waals surface area contributed by atoms with E-state index in [9.17, 15) is 4.79 Å². The number of hydrogen-bond donors (Lipinski definition) is 1. The lowest BCUT2D eigenvalue weighted by molar-refractivity contribution is 0.0694.